The summed E-state index contributed by atoms with van der Waals surface area (Å²) in [5, 5.41) is 3.86. The van der Waals surface area contributed by atoms with E-state index < -0.39 is 0 Å². The number of hydrogen-bond acceptors (Lipinski definition) is 4. The summed E-state index contributed by atoms with van der Waals surface area (Å²) in [7, 11) is 0. The van der Waals surface area contributed by atoms with E-state index in [9.17, 15) is 4.79 Å². The standard InChI is InChI=1S/C12H13N3OS/c1-8-11(17-9(2)15-8)7-14-12(16)10-5-3-4-6-13-10/h3-6H,7H2,1-2H3,(H,14,16). The molecule has 0 bridgehead atoms. The molecule has 0 aliphatic carbocycles. The van der Waals surface area contributed by atoms with Crippen LogP contribution in [-0.2, 0) is 6.54 Å². The molecule has 0 spiro atoms. The van der Waals surface area contributed by atoms with E-state index in [1.807, 2.05) is 13.8 Å². The molecule has 2 aromatic heterocycles. The van der Waals surface area contributed by atoms with Crippen LogP contribution in [0, 0.1) is 13.8 Å². The average molecular weight is 247 g/mol. The van der Waals surface area contributed by atoms with Gasteiger partial charge in [0.2, 0.25) is 0 Å². The molecule has 0 radical (unpaired) electrons. The monoisotopic (exact) mass is 247 g/mol. The van der Waals surface area contributed by atoms with E-state index >= 15 is 0 Å². The fourth-order valence-electron chi connectivity index (χ4n) is 1.49. The Hall–Kier alpha value is -1.75. The highest BCUT2D eigenvalue weighted by molar-refractivity contribution is 7.11. The molecule has 0 fully saturated rings. The fourth-order valence-corrected chi connectivity index (χ4v) is 2.36. The predicted octanol–water partition coefficient (Wildman–Crippen LogP) is 2.08. The number of carbonyl (C=O) groups excluding carboxylic acids is 1. The SMILES string of the molecule is Cc1nc(C)c(CNC(=O)c2ccccn2)s1. The van der Waals surface area contributed by atoms with Crippen LogP contribution in [0.4, 0.5) is 0 Å². The van der Waals surface area contributed by atoms with Crippen LogP contribution in [-0.4, -0.2) is 15.9 Å². The van der Waals surface area contributed by atoms with Gasteiger partial charge in [-0.15, -0.1) is 11.3 Å². The van der Waals surface area contributed by atoms with Crippen molar-refractivity contribution in [2.45, 2.75) is 20.4 Å². The molecule has 0 atom stereocenters. The molecule has 17 heavy (non-hydrogen) atoms. The lowest BCUT2D eigenvalue weighted by molar-refractivity contribution is 0.0946. The van der Waals surface area contributed by atoms with Gasteiger partial charge in [-0.3, -0.25) is 9.78 Å². The normalized spacial score (nSPS) is 10.2. The Labute approximate surface area is 104 Å². The number of nitrogens with one attached hydrogen (secondary N) is 1. The third kappa shape index (κ3) is 2.88. The molecule has 2 heterocycles. The van der Waals surface area contributed by atoms with E-state index in [0.29, 0.717) is 12.2 Å². The van der Waals surface area contributed by atoms with E-state index in [-0.39, 0.29) is 5.91 Å². The van der Waals surface area contributed by atoms with E-state index in [1.54, 1.807) is 35.7 Å². The molecular formula is C12H13N3OS. The summed E-state index contributed by atoms with van der Waals surface area (Å²) in [4.78, 5) is 21.1. The Morgan fingerprint density at radius 2 is 2.24 bits per heavy atom. The molecular weight excluding hydrogens is 234 g/mol. The molecule has 5 heteroatoms. The third-order valence-electron chi connectivity index (χ3n) is 2.31. The molecule has 1 N–H and O–H groups in total. The van der Waals surface area contributed by atoms with Gasteiger partial charge in [-0.05, 0) is 26.0 Å². The number of aromatic nitrogens is 2. The first kappa shape index (κ1) is 11.7. The summed E-state index contributed by atoms with van der Waals surface area (Å²) in [6.07, 6.45) is 1.61. The zero-order chi connectivity index (χ0) is 12.3. The van der Waals surface area contributed by atoms with Crippen molar-refractivity contribution in [3.8, 4) is 0 Å². The lowest BCUT2D eigenvalue weighted by atomic mass is 10.3. The van der Waals surface area contributed by atoms with Gasteiger partial charge in [-0.2, -0.15) is 0 Å². The molecule has 0 aliphatic heterocycles. The van der Waals surface area contributed by atoms with Gasteiger partial charge >= 0.3 is 0 Å². The summed E-state index contributed by atoms with van der Waals surface area (Å²) < 4.78 is 0. The van der Waals surface area contributed by atoms with Crippen LogP contribution in [0.2, 0.25) is 0 Å². The van der Waals surface area contributed by atoms with Gasteiger partial charge < -0.3 is 5.32 Å². The van der Waals surface area contributed by atoms with Gasteiger partial charge in [-0.25, -0.2) is 4.98 Å². The molecule has 2 rings (SSSR count). The summed E-state index contributed by atoms with van der Waals surface area (Å²) in [6, 6.07) is 5.28. The van der Waals surface area contributed by atoms with Crippen LogP contribution >= 0.6 is 11.3 Å². The fraction of sp³-hybridized carbons (Fsp3) is 0.250. The summed E-state index contributed by atoms with van der Waals surface area (Å²) in [5.74, 6) is -0.156. The van der Waals surface area contributed by atoms with Gasteiger partial charge in [0.25, 0.3) is 5.91 Å². The van der Waals surface area contributed by atoms with Crippen molar-refractivity contribution in [3.05, 3.63) is 45.7 Å². The van der Waals surface area contributed by atoms with Crippen LogP contribution in [0.5, 0.6) is 0 Å². The molecule has 0 saturated carbocycles. The highest BCUT2D eigenvalue weighted by Gasteiger charge is 2.08. The summed E-state index contributed by atoms with van der Waals surface area (Å²) in [5.41, 5.74) is 1.42. The molecule has 88 valence electrons. The molecule has 0 saturated heterocycles. The highest BCUT2D eigenvalue weighted by Crippen LogP contribution is 2.16. The highest BCUT2D eigenvalue weighted by atomic mass is 32.1. The van der Waals surface area contributed by atoms with E-state index in [1.165, 1.54) is 0 Å². The van der Waals surface area contributed by atoms with Crippen LogP contribution in [0.1, 0.15) is 26.1 Å². The molecule has 0 aliphatic rings. The summed E-state index contributed by atoms with van der Waals surface area (Å²) >= 11 is 1.61. The minimum atomic E-state index is -0.156. The van der Waals surface area contributed by atoms with Gasteiger partial charge in [-0.1, -0.05) is 6.07 Å². The number of nitrogens with zero attached hydrogens (tertiary/aromatic N) is 2. The average Bonchev–Trinajstić information content (AvgIpc) is 2.66. The lowest BCUT2D eigenvalue weighted by Gasteiger charge is -2.02. The molecule has 2 aromatic rings. The van der Waals surface area contributed by atoms with E-state index in [0.717, 1.165) is 15.6 Å². The maximum absolute atomic E-state index is 11.7. The van der Waals surface area contributed by atoms with Gasteiger partial charge in [0.1, 0.15) is 5.69 Å². The Balaban J connectivity index is 1.99. The number of hydrogen-bond donors (Lipinski definition) is 1. The lowest BCUT2D eigenvalue weighted by Crippen LogP contribution is -2.23. The zero-order valence-electron chi connectivity index (χ0n) is 9.73. The first-order valence-electron chi connectivity index (χ1n) is 5.29. The Morgan fingerprint density at radius 3 is 2.82 bits per heavy atom. The van der Waals surface area contributed by atoms with Gasteiger partial charge in [0, 0.05) is 11.1 Å². The second-order valence-corrected chi connectivity index (χ2v) is 4.93. The van der Waals surface area contributed by atoms with Gasteiger partial charge in [0.15, 0.2) is 0 Å². The van der Waals surface area contributed by atoms with Crippen LogP contribution in [0.3, 0.4) is 0 Å². The minimum absolute atomic E-state index is 0.156. The van der Waals surface area contributed by atoms with Crippen LogP contribution < -0.4 is 5.32 Å². The Morgan fingerprint density at radius 1 is 1.41 bits per heavy atom. The van der Waals surface area contributed by atoms with Crippen molar-refractivity contribution >= 4 is 17.2 Å². The number of thiazole rings is 1. The number of carbonyl (C=O) groups is 1. The van der Waals surface area contributed by atoms with Crippen molar-refractivity contribution < 1.29 is 4.79 Å². The molecule has 0 aromatic carbocycles. The number of pyridine rings is 1. The first-order chi connectivity index (χ1) is 8.16. The van der Waals surface area contributed by atoms with Crippen molar-refractivity contribution in [2.75, 3.05) is 0 Å². The number of rotatable bonds is 3. The van der Waals surface area contributed by atoms with Crippen LogP contribution in [0.25, 0.3) is 0 Å². The Kier molecular flexibility index (Phi) is 3.49. The third-order valence-corrected chi connectivity index (χ3v) is 3.38. The number of amides is 1. The van der Waals surface area contributed by atoms with Crippen molar-refractivity contribution in [2.24, 2.45) is 0 Å². The van der Waals surface area contributed by atoms with Crippen LogP contribution in [0.15, 0.2) is 24.4 Å². The molecule has 1 amide bonds. The zero-order valence-corrected chi connectivity index (χ0v) is 10.5. The quantitative estimate of drug-likeness (QED) is 0.903. The Bertz CT molecular complexity index is 522. The van der Waals surface area contributed by atoms with Crippen molar-refractivity contribution in [1.29, 1.82) is 0 Å². The smallest absolute Gasteiger partial charge is 0.270 e. The first-order valence-corrected chi connectivity index (χ1v) is 6.10. The molecule has 0 unspecified atom stereocenters. The summed E-state index contributed by atoms with van der Waals surface area (Å²) in [6.45, 7) is 4.42. The van der Waals surface area contributed by atoms with Crippen molar-refractivity contribution in [1.82, 2.24) is 15.3 Å². The number of aryl methyl sites for hydroxylation is 2. The maximum atomic E-state index is 11.7. The molecule has 4 nitrogen and oxygen atoms in total. The second kappa shape index (κ2) is 5.05. The van der Waals surface area contributed by atoms with Crippen molar-refractivity contribution in [3.63, 3.8) is 0 Å². The van der Waals surface area contributed by atoms with E-state index in [2.05, 4.69) is 15.3 Å². The van der Waals surface area contributed by atoms with E-state index in [4.69, 9.17) is 0 Å². The second-order valence-electron chi connectivity index (χ2n) is 3.64. The predicted molar refractivity (Wildman–Crippen MR) is 67.0 cm³/mol. The maximum Gasteiger partial charge on any atom is 0.270 e. The largest absolute Gasteiger partial charge is 0.346 e. The van der Waals surface area contributed by atoms with Gasteiger partial charge in [0.05, 0.1) is 17.2 Å². The topological polar surface area (TPSA) is 54.9 Å². The minimum Gasteiger partial charge on any atom is -0.346 e.